The lowest BCUT2D eigenvalue weighted by Crippen LogP contribution is -2.53. The number of thioether (sulfide) groups is 1. The predicted molar refractivity (Wildman–Crippen MR) is 125 cm³/mol. The average Bonchev–Trinajstić information content (AvgIpc) is 3.12. The zero-order valence-corrected chi connectivity index (χ0v) is 19.9. The summed E-state index contributed by atoms with van der Waals surface area (Å²) in [6, 6.07) is 8.90. The number of hydrogen-bond donors (Lipinski definition) is 1. The molecule has 1 amide bonds. The van der Waals surface area contributed by atoms with Gasteiger partial charge in [0.1, 0.15) is 22.3 Å². The molecule has 0 aromatic heterocycles. The third kappa shape index (κ3) is 4.53. The number of nitrogens with one attached hydrogen (secondary N) is 1. The van der Waals surface area contributed by atoms with E-state index in [-0.39, 0.29) is 34.0 Å². The number of carbonyl (C=O) groups excluding carboxylic acids is 1. The molecule has 0 radical (unpaired) electrons. The zero-order valence-electron chi connectivity index (χ0n) is 16.8. The van der Waals surface area contributed by atoms with Gasteiger partial charge >= 0.3 is 6.18 Å². The topological polar surface area (TPSA) is 52.2 Å². The standard InChI is InChI=1S/C22H18Cl2F3NO2S2/c1-12-4-13(2-3-19(12)20(29)28-18-10-32(30)11-18)14-8-21(31-9-14,22(25,26)27)15-5-16(23)7-17(24)6-15/h2-7,9,18H,8,10-11H2,1H3,(H,28,29)/t18?,21-,32?/m0/s1. The van der Waals surface area contributed by atoms with Crippen molar-refractivity contribution in [2.24, 2.45) is 0 Å². The van der Waals surface area contributed by atoms with Gasteiger partial charge < -0.3 is 9.87 Å². The fourth-order valence-electron chi connectivity index (χ4n) is 3.85. The molecule has 1 fully saturated rings. The van der Waals surface area contributed by atoms with Crippen LogP contribution in [0, 0.1) is 6.92 Å². The van der Waals surface area contributed by atoms with Crippen LogP contribution in [0.5, 0.6) is 0 Å². The van der Waals surface area contributed by atoms with Crippen LogP contribution >= 0.6 is 35.0 Å². The van der Waals surface area contributed by atoms with Crippen molar-refractivity contribution < 1.29 is 22.5 Å². The van der Waals surface area contributed by atoms with Gasteiger partial charge in [-0.25, -0.2) is 0 Å². The number of rotatable bonds is 4. The molecule has 0 aliphatic carbocycles. The number of halogens is 5. The van der Waals surface area contributed by atoms with Gasteiger partial charge in [0, 0.05) is 22.0 Å². The molecular formula is C22H18Cl2F3NO2S2. The SMILES string of the molecule is Cc1cc(C2=CS[C@@](c3cc(Cl)cc(Cl)c3)(C(F)(F)F)C2)ccc1C(=O)NC1C[S+]([O-])C1. The minimum absolute atomic E-state index is 0.00403. The Morgan fingerprint density at radius 2 is 1.84 bits per heavy atom. The van der Waals surface area contributed by atoms with Crippen LogP contribution in [0.2, 0.25) is 10.0 Å². The van der Waals surface area contributed by atoms with Crippen molar-refractivity contribution in [3.63, 3.8) is 0 Å². The molecule has 2 aromatic carbocycles. The number of hydrogen-bond acceptors (Lipinski definition) is 3. The largest absolute Gasteiger partial charge is 0.616 e. The van der Waals surface area contributed by atoms with Gasteiger partial charge in [-0.3, -0.25) is 4.79 Å². The third-order valence-electron chi connectivity index (χ3n) is 5.58. The molecule has 1 N–H and O–H groups in total. The van der Waals surface area contributed by atoms with Crippen LogP contribution < -0.4 is 5.32 Å². The lowest BCUT2D eigenvalue weighted by atomic mass is 9.87. The van der Waals surface area contributed by atoms with Gasteiger partial charge in [0.2, 0.25) is 0 Å². The molecule has 3 nitrogen and oxygen atoms in total. The second-order valence-corrected chi connectivity index (χ2v) is 11.5. The summed E-state index contributed by atoms with van der Waals surface area (Å²) in [5.74, 6) is 0.615. The molecular weight excluding hydrogens is 502 g/mol. The second kappa shape index (κ2) is 8.80. The Balaban J connectivity index is 1.58. The van der Waals surface area contributed by atoms with E-state index in [0.29, 0.717) is 45.5 Å². The van der Waals surface area contributed by atoms with E-state index in [1.54, 1.807) is 25.1 Å². The van der Waals surface area contributed by atoms with Gasteiger partial charge in [0.25, 0.3) is 5.91 Å². The Bertz CT molecular complexity index is 1080. The van der Waals surface area contributed by atoms with Crippen LogP contribution in [0.25, 0.3) is 5.57 Å². The van der Waals surface area contributed by atoms with Crippen LogP contribution in [-0.2, 0) is 15.9 Å². The molecule has 2 aliphatic heterocycles. The molecule has 2 aliphatic rings. The molecule has 170 valence electrons. The Morgan fingerprint density at radius 3 is 2.41 bits per heavy atom. The molecule has 4 rings (SSSR count). The van der Waals surface area contributed by atoms with E-state index in [9.17, 15) is 22.5 Å². The summed E-state index contributed by atoms with van der Waals surface area (Å²) in [5, 5.41) is 4.64. The van der Waals surface area contributed by atoms with Crippen molar-refractivity contribution in [2.75, 3.05) is 11.5 Å². The molecule has 2 aromatic rings. The number of amides is 1. The van der Waals surface area contributed by atoms with Gasteiger partial charge in [-0.05, 0) is 70.0 Å². The zero-order chi connectivity index (χ0) is 23.3. The number of aryl methyl sites for hydroxylation is 1. The number of carbonyl (C=O) groups is 1. The first-order valence-corrected chi connectivity index (χ1v) is 12.8. The Hall–Kier alpha value is -1.32. The van der Waals surface area contributed by atoms with Crippen LogP contribution in [0.1, 0.15) is 33.5 Å². The maximum atomic E-state index is 14.3. The summed E-state index contributed by atoms with van der Waals surface area (Å²) in [6.45, 7) is 1.74. The summed E-state index contributed by atoms with van der Waals surface area (Å²) in [4.78, 5) is 12.5. The molecule has 1 atom stereocenters. The number of allylic oxidation sites excluding steroid dienone is 1. The van der Waals surface area contributed by atoms with Crippen molar-refractivity contribution in [2.45, 2.75) is 30.3 Å². The number of benzene rings is 2. The molecule has 0 bridgehead atoms. The summed E-state index contributed by atoms with van der Waals surface area (Å²) in [6.07, 6.45) is -4.82. The third-order valence-corrected chi connectivity index (χ3v) is 8.98. The quantitative estimate of drug-likeness (QED) is 0.496. The highest BCUT2D eigenvalue weighted by atomic mass is 35.5. The molecule has 1 saturated heterocycles. The first-order valence-electron chi connectivity index (χ1n) is 9.65. The maximum Gasteiger partial charge on any atom is 0.407 e. The highest BCUT2D eigenvalue weighted by molar-refractivity contribution is 8.03. The van der Waals surface area contributed by atoms with E-state index in [0.717, 1.165) is 0 Å². The average molecular weight is 520 g/mol. The Labute approximate surface area is 200 Å². The van der Waals surface area contributed by atoms with Crippen LogP contribution in [0.15, 0.2) is 41.8 Å². The second-order valence-electron chi connectivity index (χ2n) is 7.89. The fourth-order valence-corrected chi connectivity index (χ4v) is 6.53. The number of alkyl halides is 3. The molecule has 0 saturated carbocycles. The highest BCUT2D eigenvalue weighted by Crippen LogP contribution is 2.60. The minimum Gasteiger partial charge on any atom is -0.616 e. The normalized spacial score (nSPS) is 25.3. The van der Waals surface area contributed by atoms with Crippen LogP contribution in [-0.4, -0.2) is 34.2 Å². The molecule has 2 heterocycles. The summed E-state index contributed by atoms with van der Waals surface area (Å²) in [7, 11) is 0. The van der Waals surface area contributed by atoms with Gasteiger partial charge in [0.05, 0.1) is 0 Å². The van der Waals surface area contributed by atoms with Crippen LogP contribution in [0.4, 0.5) is 13.2 Å². The Kier molecular flexibility index (Phi) is 6.55. The summed E-state index contributed by atoms with van der Waals surface area (Å²) in [5.41, 5.74) is 2.25. The van der Waals surface area contributed by atoms with E-state index in [4.69, 9.17) is 23.2 Å². The van der Waals surface area contributed by atoms with E-state index in [1.807, 2.05) is 0 Å². The van der Waals surface area contributed by atoms with Gasteiger partial charge in [-0.1, -0.05) is 35.3 Å². The fraction of sp³-hybridized carbons (Fsp3) is 0.318. The van der Waals surface area contributed by atoms with Gasteiger partial charge in [-0.15, -0.1) is 11.8 Å². The van der Waals surface area contributed by atoms with Crippen LogP contribution in [0.3, 0.4) is 0 Å². The van der Waals surface area contributed by atoms with Crippen molar-refractivity contribution in [1.82, 2.24) is 5.32 Å². The summed E-state index contributed by atoms with van der Waals surface area (Å²) >= 11 is 11.8. The molecule has 0 spiro atoms. The highest BCUT2D eigenvalue weighted by Gasteiger charge is 2.58. The van der Waals surface area contributed by atoms with E-state index >= 15 is 0 Å². The molecule has 0 unspecified atom stereocenters. The Morgan fingerprint density at radius 1 is 1.19 bits per heavy atom. The van der Waals surface area contributed by atoms with Crippen molar-refractivity contribution in [1.29, 1.82) is 0 Å². The maximum absolute atomic E-state index is 14.3. The van der Waals surface area contributed by atoms with E-state index in [1.165, 1.54) is 23.6 Å². The van der Waals surface area contributed by atoms with Gasteiger partial charge in [-0.2, -0.15) is 13.2 Å². The summed E-state index contributed by atoms with van der Waals surface area (Å²) < 4.78 is 51.8. The lowest BCUT2D eigenvalue weighted by molar-refractivity contribution is -0.160. The van der Waals surface area contributed by atoms with Gasteiger partial charge in [0.15, 0.2) is 0 Å². The van der Waals surface area contributed by atoms with Crippen molar-refractivity contribution >= 4 is 57.6 Å². The monoisotopic (exact) mass is 519 g/mol. The molecule has 10 heteroatoms. The van der Waals surface area contributed by atoms with E-state index in [2.05, 4.69) is 5.32 Å². The van der Waals surface area contributed by atoms with Crippen molar-refractivity contribution in [3.8, 4) is 0 Å². The lowest BCUT2D eigenvalue weighted by Gasteiger charge is -2.32. The van der Waals surface area contributed by atoms with Crippen molar-refractivity contribution in [3.05, 3.63) is 74.1 Å². The van der Waals surface area contributed by atoms with E-state index < -0.39 is 22.1 Å². The minimum atomic E-state index is -4.54. The predicted octanol–water partition coefficient (Wildman–Crippen LogP) is 6.10. The first kappa shape index (κ1) is 23.8. The smallest absolute Gasteiger partial charge is 0.407 e. The molecule has 32 heavy (non-hydrogen) atoms. The first-order chi connectivity index (χ1) is 15.0.